The van der Waals surface area contributed by atoms with Crippen LogP contribution < -0.4 is 10.2 Å². The minimum Gasteiger partial charge on any atom is -0.338 e. The predicted octanol–water partition coefficient (Wildman–Crippen LogP) is 2.71. The van der Waals surface area contributed by atoms with Gasteiger partial charge in [-0.1, -0.05) is 0 Å². The summed E-state index contributed by atoms with van der Waals surface area (Å²) in [5.41, 5.74) is 1.40. The first kappa shape index (κ1) is 17.3. The molecule has 1 N–H and O–H groups in total. The van der Waals surface area contributed by atoms with Crippen molar-refractivity contribution in [1.29, 1.82) is 0 Å². The molecular formula is C18H27N5S. The van der Waals surface area contributed by atoms with E-state index in [0.29, 0.717) is 6.04 Å². The maximum atomic E-state index is 4.34. The van der Waals surface area contributed by atoms with Crippen LogP contribution in [0.1, 0.15) is 29.8 Å². The minimum absolute atomic E-state index is 0.456. The number of nitrogens with zero attached hydrogens (tertiary/aromatic N) is 4. The molecule has 24 heavy (non-hydrogen) atoms. The largest absolute Gasteiger partial charge is 0.338 e. The van der Waals surface area contributed by atoms with Gasteiger partial charge in [0.2, 0.25) is 5.95 Å². The number of piperazine rings is 1. The van der Waals surface area contributed by atoms with E-state index in [1.165, 1.54) is 16.9 Å². The Bertz CT molecular complexity index is 607. The van der Waals surface area contributed by atoms with E-state index in [2.05, 4.69) is 50.4 Å². The fraction of sp³-hybridized carbons (Fsp3) is 0.556. The van der Waals surface area contributed by atoms with Gasteiger partial charge in [-0.05, 0) is 56.4 Å². The molecule has 130 valence electrons. The fourth-order valence-corrected chi connectivity index (χ4v) is 4.13. The summed E-state index contributed by atoms with van der Waals surface area (Å²) in [6, 6.07) is 4.52. The van der Waals surface area contributed by atoms with Crippen molar-refractivity contribution in [2.45, 2.75) is 26.3 Å². The molecule has 2 aromatic rings. The minimum atomic E-state index is 0.456. The summed E-state index contributed by atoms with van der Waals surface area (Å²) in [5.74, 6) is 0.860. The Kier molecular flexibility index (Phi) is 6.18. The van der Waals surface area contributed by atoms with Gasteiger partial charge in [-0.25, -0.2) is 9.97 Å². The molecular weight excluding hydrogens is 318 g/mol. The van der Waals surface area contributed by atoms with Crippen LogP contribution in [0.5, 0.6) is 0 Å². The van der Waals surface area contributed by atoms with Gasteiger partial charge in [0.1, 0.15) is 0 Å². The van der Waals surface area contributed by atoms with E-state index in [1.807, 2.05) is 29.8 Å². The molecule has 1 saturated heterocycles. The second kappa shape index (κ2) is 8.55. The fourth-order valence-electron chi connectivity index (χ4n) is 3.17. The van der Waals surface area contributed by atoms with Gasteiger partial charge >= 0.3 is 0 Å². The smallest absolute Gasteiger partial charge is 0.225 e. The van der Waals surface area contributed by atoms with Gasteiger partial charge in [-0.2, -0.15) is 0 Å². The molecule has 0 aliphatic carbocycles. The predicted molar refractivity (Wildman–Crippen MR) is 101 cm³/mol. The summed E-state index contributed by atoms with van der Waals surface area (Å²) in [6.07, 6.45) is 4.82. The zero-order valence-corrected chi connectivity index (χ0v) is 15.4. The lowest BCUT2D eigenvalue weighted by molar-refractivity contribution is 0.252. The highest BCUT2D eigenvalue weighted by molar-refractivity contribution is 7.10. The Morgan fingerprint density at radius 3 is 2.62 bits per heavy atom. The lowest BCUT2D eigenvalue weighted by Gasteiger charge is -2.34. The average molecular weight is 346 g/mol. The van der Waals surface area contributed by atoms with Crippen molar-refractivity contribution in [3.63, 3.8) is 0 Å². The topological polar surface area (TPSA) is 44.3 Å². The van der Waals surface area contributed by atoms with Crippen molar-refractivity contribution in [1.82, 2.24) is 20.2 Å². The van der Waals surface area contributed by atoms with Gasteiger partial charge in [0.25, 0.3) is 0 Å². The second-order valence-electron chi connectivity index (χ2n) is 6.37. The molecule has 1 aliphatic rings. The van der Waals surface area contributed by atoms with E-state index in [-0.39, 0.29) is 0 Å². The Morgan fingerprint density at radius 2 is 1.96 bits per heavy atom. The SMILES string of the molecule is Cc1ccsc1C(C)NCCCN1CCN(c2ncccn2)CC1. The van der Waals surface area contributed by atoms with Crippen LogP contribution in [-0.4, -0.2) is 54.1 Å². The number of aromatic nitrogens is 2. The van der Waals surface area contributed by atoms with Crippen molar-refractivity contribution in [2.24, 2.45) is 0 Å². The van der Waals surface area contributed by atoms with Gasteiger partial charge in [0, 0.05) is 49.5 Å². The third-order valence-electron chi connectivity index (χ3n) is 4.60. The monoisotopic (exact) mass is 345 g/mol. The quantitative estimate of drug-likeness (QED) is 0.782. The zero-order chi connectivity index (χ0) is 16.8. The summed E-state index contributed by atoms with van der Waals surface area (Å²) < 4.78 is 0. The van der Waals surface area contributed by atoms with Gasteiger partial charge in [0.05, 0.1) is 0 Å². The molecule has 0 spiro atoms. The van der Waals surface area contributed by atoms with Crippen LogP contribution in [0.2, 0.25) is 0 Å². The summed E-state index contributed by atoms with van der Waals surface area (Å²) in [6.45, 7) is 10.9. The maximum Gasteiger partial charge on any atom is 0.225 e. The zero-order valence-electron chi connectivity index (χ0n) is 14.6. The van der Waals surface area contributed by atoms with Crippen molar-refractivity contribution in [3.05, 3.63) is 40.3 Å². The van der Waals surface area contributed by atoms with Gasteiger partial charge in [-0.15, -0.1) is 11.3 Å². The van der Waals surface area contributed by atoms with Crippen molar-refractivity contribution in [3.8, 4) is 0 Å². The van der Waals surface area contributed by atoms with Crippen LogP contribution in [0, 0.1) is 6.92 Å². The second-order valence-corrected chi connectivity index (χ2v) is 7.32. The van der Waals surface area contributed by atoms with Gasteiger partial charge in [-0.3, -0.25) is 4.90 Å². The Morgan fingerprint density at radius 1 is 1.21 bits per heavy atom. The first-order chi connectivity index (χ1) is 11.7. The summed E-state index contributed by atoms with van der Waals surface area (Å²) in [7, 11) is 0. The molecule has 0 radical (unpaired) electrons. The molecule has 0 bridgehead atoms. The highest BCUT2D eigenvalue weighted by Gasteiger charge is 2.18. The summed E-state index contributed by atoms with van der Waals surface area (Å²) in [4.78, 5) is 15.0. The molecule has 1 atom stereocenters. The van der Waals surface area contributed by atoms with Crippen LogP contribution >= 0.6 is 11.3 Å². The van der Waals surface area contributed by atoms with Gasteiger partial charge in [0.15, 0.2) is 0 Å². The van der Waals surface area contributed by atoms with E-state index in [9.17, 15) is 0 Å². The van der Waals surface area contributed by atoms with Crippen LogP contribution in [0.25, 0.3) is 0 Å². The molecule has 1 unspecified atom stereocenters. The number of anilines is 1. The first-order valence-electron chi connectivity index (χ1n) is 8.76. The van der Waals surface area contributed by atoms with E-state index in [0.717, 1.165) is 45.2 Å². The highest BCUT2D eigenvalue weighted by atomic mass is 32.1. The van der Waals surface area contributed by atoms with Gasteiger partial charge < -0.3 is 10.2 Å². The van der Waals surface area contributed by atoms with Crippen molar-refractivity contribution in [2.75, 3.05) is 44.2 Å². The molecule has 1 aliphatic heterocycles. The molecule has 0 saturated carbocycles. The average Bonchev–Trinajstić information content (AvgIpc) is 3.06. The van der Waals surface area contributed by atoms with Crippen LogP contribution in [-0.2, 0) is 0 Å². The lowest BCUT2D eigenvalue weighted by atomic mass is 10.2. The van der Waals surface area contributed by atoms with Crippen LogP contribution in [0.15, 0.2) is 29.9 Å². The summed E-state index contributed by atoms with van der Waals surface area (Å²) in [5, 5.41) is 5.83. The van der Waals surface area contributed by atoms with Crippen molar-refractivity contribution < 1.29 is 0 Å². The van der Waals surface area contributed by atoms with E-state index in [4.69, 9.17) is 0 Å². The molecule has 0 amide bonds. The number of hydrogen-bond donors (Lipinski definition) is 1. The van der Waals surface area contributed by atoms with E-state index < -0.39 is 0 Å². The molecule has 2 aromatic heterocycles. The molecule has 1 fully saturated rings. The lowest BCUT2D eigenvalue weighted by Crippen LogP contribution is -2.47. The number of nitrogens with one attached hydrogen (secondary N) is 1. The number of thiophene rings is 1. The maximum absolute atomic E-state index is 4.34. The van der Waals surface area contributed by atoms with Crippen molar-refractivity contribution >= 4 is 17.3 Å². The molecule has 3 rings (SSSR count). The third kappa shape index (κ3) is 4.53. The first-order valence-corrected chi connectivity index (χ1v) is 9.63. The molecule has 6 heteroatoms. The molecule has 3 heterocycles. The Balaban J connectivity index is 1.33. The number of hydrogen-bond acceptors (Lipinski definition) is 6. The summed E-state index contributed by atoms with van der Waals surface area (Å²) >= 11 is 1.85. The standard InChI is InChI=1S/C18H27N5S/c1-15-5-14-24-17(15)16(2)19-8-4-9-22-10-12-23(13-11-22)18-20-6-3-7-21-18/h3,5-7,14,16,19H,4,8-13H2,1-2H3. The van der Waals surface area contributed by atoms with E-state index >= 15 is 0 Å². The highest BCUT2D eigenvalue weighted by Crippen LogP contribution is 2.23. The van der Waals surface area contributed by atoms with E-state index in [1.54, 1.807) is 0 Å². The number of rotatable bonds is 7. The van der Waals surface area contributed by atoms with Crippen LogP contribution in [0.4, 0.5) is 5.95 Å². The number of aryl methyl sites for hydroxylation is 1. The third-order valence-corrected chi connectivity index (χ3v) is 5.81. The molecule has 0 aromatic carbocycles. The Hall–Kier alpha value is -1.50. The normalized spacial score (nSPS) is 17.2. The van der Waals surface area contributed by atoms with Crippen LogP contribution in [0.3, 0.4) is 0 Å². The molecule has 5 nitrogen and oxygen atoms in total. The Labute approximate surface area is 148 Å².